The lowest BCUT2D eigenvalue weighted by Crippen LogP contribution is -2.25. The first-order valence-corrected chi connectivity index (χ1v) is 7.23. The van der Waals surface area contributed by atoms with Crippen LogP contribution >= 0.6 is 0 Å². The summed E-state index contributed by atoms with van der Waals surface area (Å²) in [6.07, 6.45) is -7.93. The molecule has 0 spiro atoms. The van der Waals surface area contributed by atoms with Crippen LogP contribution in [0.1, 0.15) is 27.9 Å². The van der Waals surface area contributed by atoms with Crippen LogP contribution in [0.4, 0.5) is 22.0 Å². The van der Waals surface area contributed by atoms with Gasteiger partial charge < -0.3 is 9.47 Å². The highest BCUT2D eigenvalue weighted by atomic mass is 19.4. The van der Waals surface area contributed by atoms with E-state index in [2.05, 4.69) is 9.47 Å². The van der Waals surface area contributed by atoms with Gasteiger partial charge >= 0.3 is 12.5 Å². The quantitative estimate of drug-likeness (QED) is 0.579. The summed E-state index contributed by atoms with van der Waals surface area (Å²) in [6.45, 7) is 0. The van der Waals surface area contributed by atoms with Crippen molar-refractivity contribution in [1.82, 2.24) is 0 Å². The van der Waals surface area contributed by atoms with E-state index in [1.54, 1.807) is 0 Å². The standard InChI is InChI=1S/C17H11F5O3/c18-16(19,20)12-5-1-10(2-6-12)3-7-13(23)11-4-8-14-15(9-11)25-17(21,22)24-14/h1-2,4-6,8-9H,3,7H2. The van der Waals surface area contributed by atoms with Crippen molar-refractivity contribution in [3.8, 4) is 11.5 Å². The summed E-state index contributed by atoms with van der Waals surface area (Å²) in [4.78, 5) is 12.1. The molecule has 0 amide bonds. The Balaban J connectivity index is 1.64. The van der Waals surface area contributed by atoms with Crippen molar-refractivity contribution in [2.75, 3.05) is 0 Å². The fourth-order valence-electron chi connectivity index (χ4n) is 2.39. The molecular weight excluding hydrogens is 347 g/mol. The van der Waals surface area contributed by atoms with Gasteiger partial charge in [-0.15, -0.1) is 8.78 Å². The van der Waals surface area contributed by atoms with Gasteiger partial charge in [-0.3, -0.25) is 4.79 Å². The molecule has 0 bridgehead atoms. The Labute approximate surface area is 139 Å². The lowest BCUT2D eigenvalue weighted by Gasteiger charge is -2.07. The van der Waals surface area contributed by atoms with Gasteiger partial charge in [-0.2, -0.15) is 13.2 Å². The maximum atomic E-state index is 12.9. The zero-order chi connectivity index (χ0) is 18.2. The zero-order valence-corrected chi connectivity index (χ0v) is 12.6. The molecule has 1 aliphatic heterocycles. The average molecular weight is 358 g/mol. The topological polar surface area (TPSA) is 35.5 Å². The van der Waals surface area contributed by atoms with Crippen LogP contribution in [-0.2, 0) is 12.6 Å². The van der Waals surface area contributed by atoms with Gasteiger partial charge in [0.15, 0.2) is 17.3 Å². The van der Waals surface area contributed by atoms with E-state index in [-0.39, 0.29) is 35.7 Å². The van der Waals surface area contributed by atoms with E-state index in [4.69, 9.17) is 0 Å². The van der Waals surface area contributed by atoms with Crippen LogP contribution in [-0.4, -0.2) is 12.1 Å². The summed E-state index contributed by atoms with van der Waals surface area (Å²) in [7, 11) is 0. The van der Waals surface area contributed by atoms with E-state index in [9.17, 15) is 26.7 Å². The van der Waals surface area contributed by atoms with Crippen LogP contribution in [0.2, 0.25) is 0 Å². The predicted octanol–water partition coefficient (Wildman–Crippen LogP) is 4.84. The summed E-state index contributed by atoms with van der Waals surface area (Å²) in [5.41, 5.74) is -0.0418. The lowest BCUT2D eigenvalue weighted by atomic mass is 10.0. The fraction of sp³-hybridized carbons (Fsp3) is 0.235. The molecule has 2 aromatic carbocycles. The number of rotatable bonds is 4. The Bertz CT molecular complexity index is 797. The first kappa shape index (κ1) is 17.2. The monoisotopic (exact) mass is 358 g/mol. The van der Waals surface area contributed by atoms with Gasteiger partial charge in [0.25, 0.3) is 0 Å². The molecule has 3 rings (SSSR count). The highest BCUT2D eigenvalue weighted by molar-refractivity contribution is 5.96. The minimum Gasteiger partial charge on any atom is -0.395 e. The van der Waals surface area contributed by atoms with Crippen molar-refractivity contribution in [3.63, 3.8) is 0 Å². The van der Waals surface area contributed by atoms with Crippen molar-refractivity contribution in [2.45, 2.75) is 25.3 Å². The van der Waals surface area contributed by atoms with Gasteiger partial charge in [0.2, 0.25) is 0 Å². The highest BCUT2D eigenvalue weighted by Crippen LogP contribution is 2.41. The molecule has 0 fully saturated rings. The molecule has 25 heavy (non-hydrogen) atoms. The molecule has 0 radical (unpaired) electrons. The SMILES string of the molecule is O=C(CCc1ccc(C(F)(F)F)cc1)c1ccc2c(c1)OC(F)(F)O2. The number of alkyl halides is 5. The van der Waals surface area contributed by atoms with Crippen molar-refractivity contribution >= 4 is 5.78 Å². The predicted molar refractivity (Wildman–Crippen MR) is 76.7 cm³/mol. The van der Waals surface area contributed by atoms with Crippen LogP contribution in [0.3, 0.4) is 0 Å². The summed E-state index contributed by atoms with van der Waals surface area (Å²) in [6, 6.07) is 8.20. The molecular formula is C17H11F5O3. The first-order valence-electron chi connectivity index (χ1n) is 7.23. The van der Waals surface area contributed by atoms with Gasteiger partial charge in [-0.05, 0) is 42.3 Å². The van der Waals surface area contributed by atoms with Crippen molar-refractivity contribution in [2.24, 2.45) is 0 Å². The summed E-state index contributed by atoms with van der Waals surface area (Å²) in [5, 5.41) is 0. The molecule has 1 aliphatic rings. The Kier molecular flexibility index (Phi) is 4.14. The molecule has 2 aromatic rings. The number of carbonyl (C=O) groups excluding carboxylic acids is 1. The molecule has 0 unspecified atom stereocenters. The molecule has 3 nitrogen and oxygen atoms in total. The molecule has 0 aromatic heterocycles. The molecule has 0 aliphatic carbocycles. The van der Waals surface area contributed by atoms with E-state index < -0.39 is 18.0 Å². The Morgan fingerprint density at radius 3 is 2.24 bits per heavy atom. The van der Waals surface area contributed by atoms with Crippen LogP contribution < -0.4 is 9.47 Å². The summed E-state index contributed by atoms with van der Waals surface area (Å²) in [5.74, 6) is -0.740. The lowest BCUT2D eigenvalue weighted by molar-refractivity contribution is -0.286. The highest BCUT2D eigenvalue weighted by Gasteiger charge is 2.43. The van der Waals surface area contributed by atoms with E-state index in [0.29, 0.717) is 5.56 Å². The fourth-order valence-corrected chi connectivity index (χ4v) is 2.39. The smallest absolute Gasteiger partial charge is 0.395 e. The Morgan fingerprint density at radius 1 is 0.960 bits per heavy atom. The first-order chi connectivity index (χ1) is 11.6. The van der Waals surface area contributed by atoms with Gasteiger partial charge in [-0.1, -0.05) is 12.1 Å². The second-order valence-corrected chi connectivity index (χ2v) is 5.45. The molecule has 1 heterocycles. The normalized spacial score (nSPS) is 15.2. The average Bonchev–Trinajstić information content (AvgIpc) is 2.84. The third-order valence-corrected chi connectivity index (χ3v) is 3.65. The van der Waals surface area contributed by atoms with E-state index >= 15 is 0 Å². The zero-order valence-electron chi connectivity index (χ0n) is 12.6. The van der Waals surface area contributed by atoms with Crippen LogP contribution in [0.25, 0.3) is 0 Å². The number of halogens is 5. The number of hydrogen-bond acceptors (Lipinski definition) is 3. The van der Waals surface area contributed by atoms with Crippen LogP contribution in [0, 0.1) is 0 Å². The second-order valence-electron chi connectivity index (χ2n) is 5.45. The van der Waals surface area contributed by atoms with Gasteiger partial charge in [0.1, 0.15) is 0 Å². The molecule has 8 heteroatoms. The number of benzene rings is 2. The van der Waals surface area contributed by atoms with Crippen LogP contribution in [0.15, 0.2) is 42.5 Å². The number of ketones is 1. The van der Waals surface area contributed by atoms with E-state index in [0.717, 1.165) is 18.2 Å². The maximum Gasteiger partial charge on any atom is 0.586 e. The minimum atomic E-state index is -4.41. The van der Waals surface area contributed by atoms with Crippen LogP contribution in [0.5, 0.6) is 11.5 Å². The van der Waals surface area contributed by atoms with Gasteiger partial charge in [0, 0.05) is 12.0 Å². The minimum absolute atomic E-state index is 0.0153. The van der Waals surface area contributed by atoms with Crippen molar-refractivity contribution < 1.29 is 36.2 Å². The number of carbonyl (C=O) groups is 1. The molecule has 132 valence electrons. The van der Waals surface area contributed by atoms with Gasteiger partial charge in [0.05, 0.1) is 5.56 Å². The maximum absolute atomic E-state index is 12.9. The number of fused-ring (bicyclic) bond motifs is 1. The molecule has 0 saturated heterocycles. The number of aryl methyl sites for hydroxylation is 1. The summed E-state index contributed by atoms with van der Waals surface area (Å²) < 4.78 is 71.9. The number of hydrogen-bond donors (Lipinski definition) is 0. The number of ether oxygens (including phenoxy) is 2. The van der Waals surface area contributed by atoms with E-state index in [1.165, 1.54) is 24.3 Å². The largest absolute Gasteiger partial charge is 0.586 e. The van der Waals surface area contributed by atoms with E-state index in [1.807, 2.05) is 0 Å². The Morgan fingerprint density at radius 2 is 1.60 bits per heavy atom. The summed E-state index contributed by atoms with van der Waals surface area (Å²) >= 11 is 0. The molecule has 0 N–H and O–H groups in total. The van der Waals surface area contributed by atoms with Gasteiger partial charge in [-0.25, -0.2) is 0 Å². The molecule has 0 saturated carbocycles. The third kappa shape index (κ3) is 3.89. The van der Waals surface area contributed by atoms with Crippen molar-refractivity contribution in [3.05, 3.63) is 59.2 Å². The van der Waals surface area contributed by atoms with Crippen molar-refractivity contribution in [1.29, 1.82) is 0 Å². The molecule has 0 atom stereocenters. The number of Topliss-reactive ketones (excluding diaryl/α,β-unsaturated/α-hetero) is 1. The third-order valence-electron chi connectivity index (χ3n) is 3.65. The second kappa shape index (κ2) is 6.02. The Hall–Kier alpha value is -2.64.